The number of guanidine groups is 1. The van der Waals surface area contributed by atoms with Crippen molar-refractivity contribution in [3.05, 3.63) is 65.5 Å². The van der Waals surface area contributed by atoms with E-state index in [1.165, 1.54) is 12.1 Å². The Morgan fingerprint density at radius 2 is 1.77 bits per heavy atom. The van der Waals surface area contributed by atoms with Gasteiger partial charge in [0, 0.05) is 20.1 Å². The Morgan fingerprint density at radius 1 is 1.08 bits per heavy atom. The summed E-state index contributed by atoms with van der Waals surface area (Å²) in [6.07, 6.45) is 0.717. The van der Waals surface area contributed by atoms with Gasteiger partial charge < -0.3 is 10.6 Å². The molecule has 0 heterocycles. The van der Waals surface area contributed by atoms with Crippen molar-refractivity contribution in [2.45, 2.75) is 18.2 Å². The van der Waals surface area contributed by atoms with E-state index in [0.29, 0.717) is 17.4 Å². The van der Waals surface area contributed by atoms with Crippen LogP contribution in [0, 0.1) is 12.7 Å². The lowest BCUT2D eigenvalue weighted by Crippen LogP contribution is -2.40. The lowest BCUT2D eigenvalue weighted by atomic mass is 10.1. The van der Waals surface area contributed by atoms with E-state index in [0.717, 1.165) is 17.5 Å². The summed E-state index contributed by atoms with van der Waals surface area (Å²) >= 11 is 0. The average Bonchev–Trinajstić information content (AvgIpc) is 2.62. The van der Waals surface area contributed by atoms with Gasteiger partial charge in [-0.2, -0.15) is 0 Å². The molecule has 0 radical (unpaired) electrons. The van der Waals surface area contributed by atoms with Gasteiger partial charge in [-0.25, -0.2) is 12.8 Å². The van der Waals surface area contributed by atoms with Gasteiger partial charge in [-0.3, -0.25) is 4.99 Å². The summed E-state index contributed by atoms with van der Waals surface area (Å²) < 4.78 is 37.6. The molecule has 0 aliphatic carbocycles. The van der Waals surface area contributed by atoms with Gasteiger partial charge >= 0.3 is 0 Å². The second kappa shape index (κ2) is 9.33. The zero-order chi connectivity index (χ0) is 19.0. The van der Waals surface area contributed by atoms with Crippen LogP contribution in [0.4, 0.5) is 4.39 Å². The zero-order valence-corrected chi connectivity index (χ0v) is 15.8. The van der Waals surface area contributed by atoms with Crippen molar-refractivity contribution in [1.29, 1.82) is 0 Å². The van der Waals surface area contributed by atoms with E-state index in [1.54, 1.807) is 43.4 Å². The highest BCUT2D eigenvalue weighted by molar-refractivity contribution is 7.91. The molecule has 0 bridgehead atoms. The maximum Gasteiger partial charge on any atom is 0.191 e. The largest absolute Gasteiger partial charge is 0.356 e. The molecular formula is C19H24FN3O2S. The minimum absolute atomic E-state index is 0.0191. The molecule has 2 aromatic rings. The van der Waals surface area contributed by atoms with Crippen LogP contribution >= 0.6 is 0 Å². The Morgan fingerprint density at radius 3 is 2.42 bits per heavy atom. The summed E-state index contributed by atoms with van der Waals surface area (Å²) in [6, 6.07) is 13.1. The molecule has 2 aromatic carbocycles. The predicted molar refractivity (Wildman–Crippen MR) is 103 cm³/mol. The van der Waals surface area contributed by atoms with Crippen LogP contribution < -0.4 is 10.6 Å². The van der Waals surface area contributed by atoms with Gasteiger partial charge in [0.2, 0.25) is 0 Å². The highest BCUT2D eigenvalue weighted by Crippen LogP contribution is 2.10. The normalized spacial score (nSPS) is 12.0. The van der Waals surface area contributed by atoms with Crippen LogP contribution in [0.3, 0.4) is 0 Å². The topological polar surface area (TPSA) is 70.6 Å². The van der Waals surface area contributed by atoms with Gasteiger partial charge in [0.25, 0.3) is 0 Å². The van der Waals surface area contributed by atoms with E-state index >= 15 is 0 Å². The molecule has 0 fully saturated rings. The fourth-order valence-electron chi connectivity index (χ4n) is 2.53. The number of aryl methyl sites for hydroxylation is 1. The van der Waals surface area contributed by atoms with E-state index in [9.17, 15) is 12.8 Å². The highest BCUT2D eigenvalue weighted by atomic mass is 32.2. The molecule has 0 aliphatic heterocycles. The number of nitrogens with zero attached hydrogens (tertiary/aromatic N) is 1. The number of benzene rings is 2. The quantitative estimate of drug-likeness (QED) is 0.574. The highest BCUT2D eigenvalue weighted by Gasteiger charge is 2.13. The second-order valence-electron chi connectivity index (χ2n) is 5.88. The summed E-state index contributed by atoms with van der Waals surface area (Å²) in [5, 5.41) is 6.14. The fourth-order valence-corrected chi connectivity index (χ4v) is 3.70. The van der Waals surface area contributed by atoms with Crippen LogP contribution in [0.1, 0.15) is 11.1 Å². The molecule has 7 heteroatoms. The van der Waals surface area contributed by atoms with Crippen molar-refractivity contribution in [3.8, 4) is 0 Å². The third-order valence-corrected chi connectivity index (χ3v) is 5.71. The average molecular weight is 377 g/mol. The lowest BCUT2D eigenvalue weighted by molar-refractivity contribution is 0.594. The monoisotopic (exact) mass is 377 g/mol. The first kappa shape index (κ1) is 19.9. The molecule has 0 saturated heterocycles. The van der Waals surface area contributed by atoms with Gasteiger partial charge in [0.15, 0.2) is 15.8 Å². The van der Waals surface area contributed by atoms with Crippen LogP contribution in [0.5, 0.6) is 0 Å². The summed E-state index contributed by atoms with van der Waals surface area (Å²) in [7, 11) is -1.69. The van der Waals surface area contributed by atoms with E-state index in [4.69, 9.17) is 0 Å². The van der Waals surface area contributed by atoms with Crippen molar-refractivity contribution in [1.82, 2.24) is 10.6 Å². The Labute approximate surface area is 154 Å². The molecule has 140 valence electrons. The number of nitrogens with one attached hydrogen (secondary N) is 2. The molecule has 0 spiro atoms. The zero-order valence-electron chi connectivity index (χ0n) is 15.0. The summed E-state index contributed by atoms with van der Waals surface area (Å²) in [6.45, 7) is 2.74. The minimum Gasteiger partial charge on any atom is -0.356 e. The van der Waals surface area contributed by atoms with Crippen molar-refractivity contribution < 1.29 is 12.8 Å². The van der Waals surface area contributed by atoms with E-state index < -0.39 is 9.84 Å². The second-order valence-corrected chi connectivity index (χ2v) is 7.99. The van der Waals surface area contributed by atoms with Gasteiger partial charge in [-0.15, -0.1) is 0 Å². The smallest absolute Gasteiger partial charge is 0.191 e. The summed E-state index contributed by atoms with van der Waals surface area (Å²) in [5.41, 5.74) is 1.96. The summed E-state index contributed by atoms with van der Waals surface area (Å²) in [5.74, 6) is 0.277. The predicted octanol–water partition coefficient (Wildman–Crippen LogP) is 2.32. The summed E-state index contributed by atoms with van der Waals surface area (Å²) in [4.78, 5) is 4.40. The number of hydrogen-bond acceptors (Lipinski definition) is 3. The molecule has 0 atom stereocenters. The number of halogens is 1. The van der Waals surface area contributed by atoms with Crippen molar-refractivity contribution in [3.63, 3.8) is 0 Å². The first-order chi connectivity index (χ1) is 12.4. The molecule has 0 aromatic heterocycles. The first-order valence-corrected chi connectivity index (χ1v) is 10.0. The maximum absolute atomic E-state index is 13.1. The SMILES string of the molecule is CN=C(NCCc1ccc(F)cc1C)NCCS(=O)(=O)c1ccccc1. The first-order valence-electron chi connectivity index (χ1n) is 8.40. The molecule has 26 heavy (non-hydrogen) atoms. The van der Waals surface area contributed by atoms with Gasteiger partial charge in [0.05, 0.1) is 10.6 Å². The van der Waals surface area contributed by atoms with E-state index in [-0.39, 0.29) is 18.1 Å². The van der Waals surface area contributed by atoms with Crippen molar-refractivity contribution >= 4 is 15.8 Å². The maximum atomic E-state index is 13.1. The van der Waals surface area contributed by atoms with Crippen LogP contribution in [0.2, 0.25) is 0 Å². The van der Waals surface area contributed by atoms with Crippen LogP contribution in [-0.4, -0.2) is 40.3 Å². The van der Waals surface area contributed by atoms with Crippen LogP contribution in [0.25, 0.3) is 0 Å². The van der Waals surface area contributed by atoms with E-state index in [1.807, 2.05) is 6.92 Å². The number of aliphatic imine (C=N–C) groups is 1. The van der Waals surface area contributed by atoms with E-state index in [2.05, 4.69) is 15.6 Å². The fraction of sp³-hybridized carbons (Fsp3) is 0.316. The number of hydrogen-bond donors (Lipinski definition) is 2. The van der Waals surface area contributed by atoms with Crippen LogP contribution in [-0.2, 0) is 16.3 Å². The number of sulfone groups is 1. The van der Waals surface area contributed by atoms with Gasteiger partial charge in [-0.05, 0) is 48.7 Å². The molecular weight excluding hydrogens is 353 g/mol. The third-order valence-electron chi connectivity index (χ3n) is 3.98. The molecule has 0 amide bonds. The standard InChI is InChI=1S/C19H24FN3O2S/c1-15-14-17(20)9-8-16(15)10-11-22-19(21-2)23-12-13-26(24,25)18-6-4-3-5-7-18/h3-9,14H,10-13H2,1-2H3,(H2,21,22,23). The Hall–Kier alpha value is -2.41. The number of rotatable bonds is 7. The van der Waals surface area contributed by atoms with Gasteiger partial charge in [0.1, 0.15) is 5.82 Å². The Balaban J connectivity index is 1.79. The third kappa shape index (κ3) is 5.84. The lowest BCUT2D eigenvalue weighted by Gasteiger charge is -2.13. The molecule has 5 nitrogen and oxygen atoms in total. The Bertz CT molecular complexity index is 852. The van der Waals surface area contributed by atoms with Crippen molar-refractivity contribution in [2.24, 2.45) is 4.99 Å². The van der Waals surface area contributed by atoms with Crippen molar-refractivity contribution in [2.75, 3.05) is 25.9 Å². The molecule has 0 unspecified atom stereocenters. The molecule has 0 aliphatic rings. The van der Waals surface area contributed by atoms with Gasteiger partial charge in [-0.1, -0.05) is 24.3 Å². The molecule has 2 N–H and O–H groups in total. The Kier molecular flexibility index (Phi) is 7.15. The van der Waals surface area contributed by atoms with Crippen LogP contribution in [0.15, 0.2) is 58.4 Å². The molecule has 0 saturated carbocycles. The minimum atomic E-state index is -3.32. The molecule has 2 rings (SSSR count).